The van der Waals surface area contributed by atoms with E-state index in [0.717, 1.165) is 37.2 Å². The Morgan fingerprint density at radius 3 is 2.12 bits per heavy atom. The van der Waals surface area contributed by atoms with Crippen molar-refractivity contribution in [2.24, 2.45) is 0 Å². The predicted molar refractivity (Wildman–Crippen MR) is 103 cm³/mol. The topological polar surface area (TPSA) is 41.6 Å². The zero-order valence-electron chi connectivity index (χ0n) is 15.5. The van der Waals surface area contributed by atoms with E-state index < -0.39 is 0 Å². The van der Waals surface area contributed by atoms with Gasteiger partial charge in [0.15, 0.2) is 0 Å². The van der Waals surface area contributed by atoms with Crippen molar-refractivity contribution in [2.45, 2.75) is 24.3 Å². The maximum atomic E-state index is 13.2. The molecule has 1 aliphatic carbocycles. The number of carbonyl (C=O) groups is 1. The molecule has 1 fully saturated rings. The number of rotatable bonds is 4. The van der Waals surface area contributed by atoms with Crippen molar-refractivity contribution >= 4 is 5.91 Å². The van der Waals surface area contributed by atoms with E-state index in [4.69, 9.17) is 4.74 Å². The Labute approximate surface area is 155 Å². The van der Waals surface area contributed by atoms with Gasteiger partial charge in [0, 0.05) is 25.3 Å². The predicted octanol–water partition coefficient (Wildman–Crippen LogP) is 3.03. The Hall–Kier alpha value is -2.17. The first-order valence-corrected chi connectivity index (χ1v) is 9.33. The fourth-order valence-corrected chi connectivity index (χ4v) is 4.33. The van der Waals surface area contributed by atoms with Crippen molar-refractivity contribution in [3.8, 4) is 11.1 Å². The van der Waals surface area contributed by atoms with Gasteiger partial charge in [0.25, 0.3) is 0 Å². The molecule has 2 aromatic carbocycles. The van der Waals surface area contributed by atoms with Gasteiger partial charge in [0.05, 0.1) is 5.92 Å². The van der Waals surface area contributed by atoms with Gasteiger partial charge in [-0.05, 0) is 49.2 Å². The molecule has 0 saturated carbocycles. The van der Waals surface area contributed by atoms with E-state index in [1.807, 2.05) is 24.3 Å². The van der Waals surface area contributed by atoms with Crippen LogP contribution < -0.4 is 5.32 Å². The second-order valence-corrected chi connectivity index (χ2v) is 7.56. The quantitative estimate of drug-likeness (QED) is 0.922. The zero-order valence-corrected chi connectivity index (χ0v) is 15.5. The standard InChI is InChI=1S/C22H26N2O2/c1-24(2)22(11-13-26-14-12-22)15-23-21(25)20-18-9-5-3-7-16(18)17-8-4-6-10-19(17)20/h3-10,20H,11-15H2,1-2H3,(H,23,25). The van der Waals surface area contributed by atoms with Crippen LogP contribution in [0.4, 0.5) is 0 Å². The molecule has 0 spiro atoms. The second-order valence-electron chi connectivity index (χ2n) is 7.56. The van der Waals surface area contributed by atoms with Gasteiger partial charge in [0.2, 0.25) is 5.91 Å². The van der Waals surface area contributed by atoms with Gasteiger partial charge < -0.3 is 15.0 Å². The number of nitrogens with one attached hydrogen (secondary N) is 1. The Bertz CT molecular complexity index is 764. The van der Waals surface area contributed by atoms with E-state index in [-0.39, 0.29) is 17.4 Å². The number of fused-ring (bicyclic) bond motifs is 3. The number of carbonyl (C=O) groups excluding carboxylic acids is 1. The highest BCUT2D eigenvalue weighted by molar-refractivity contribution is 5.96. The lowest BCUT2D eigenvalue weighted by Gasteiger charge is -2.43. The number of likely N-dealkylation sites (N-methyl/N-ethyl adjacent to an activating group) is 1. The van der Waals surface area contributed by atoms with E-state index in [2.05, 4.69) is 48.6 Å². The van der Waals surface area contributed by atoms with Crippen molar-refractivity contribution in [1.29, 1.82) is 0 Å². The summed E-state index contributed by atoms with van der Waals surface area (Å²) in [5.41, 5.74) is 4.55. The highest BCUT2D eigenvalue weighted by Crippen LogP contribution is 2.44. The van der Waals surface area contributed by atoms with Gasteiger partial charge >= 0.3 is 0 Å². The molecule has 1 N–H and O–H groups in total. The minimum absolute atomic E-state index is 0.0223. The number of hydrogen-bond donors (Lipinski definition) is 1. The number of benzene rings is 2. The summed E-state index contributed by atoms with van der Waals surface area (Å²) in [6.45, 7) is 2.16. The fourth-order valence-electron chi connectivity index (χ4n) is 4.33. The molecule has 0 radical (unpaired) electrons. The Morgan fingerprint density at radius 2 is 1.58 bits per heavy atom. The Kier molecular flexibility index (Phi) is 4.55. The lowest BCUT2D eigenvalue weighted by atomic mass is 9.88. The van der Waals surface area contributed by atoms with Crippen LogP contribution in [-0.4, -0.2) is 50.2 Å². The largest absolute Gasteiger partial charge is 0.381 e. The first kappa shape index (κ1) is 17.3. The molecule has 0 aromatic heterocycles. The van der Waals surface area contributed by atoms with Crippen LogP contribution in [0.3, 0.4) is 0 Å². The molecule has 4 rings (SSSR count). The molecule has 0 unspecified atom stereocenters. The third-order valence-electron chi connectivity index (χ3n) is 6.06. The summed E-state index contributed by atoms with van der Waals surface area (Å²) in [4.78, 5) is 15.5. The highest BCUT2D eigenvalue weighted by atomic mass is 16.5. The summed E-state index contributed by atoms with van der Waals surface area (Å²) in [5.74, 6) is -0.128. The molecular weight excluding hydrogens is 324 g/mol. The van der Waals surface area contributed by atoms with Crippen molar-refractivity contribution in [1.82, 2.24) is 10.2 Å². The lowest BCUT2D eigenvalue weighted by molar-refractivity contribution is -0.122. The lowest BCUT2D eigenvalue weighted by Crippen LogP contribution is -2.56. The summed E-state index contributed by atoms with van der Waals surface area (Å²) >= 11 is 0. The van der Waals surface area contributed by atoms with Crippen LogP contribution >= 0.6 is 0 Å². The molecular formula is C22H26N2O2. The van der Waals surface area contributed by atoms with Crippen LogP contribution in [0.5, 0.6) is 0 Å². The normalized spacial score (nSPS) is 18.4. The molecule has 1 heterocycles. The number of nitrogens with zero attached hydrogens (tertiary/aromatic N) is 1. The van der Waals surface area contributed by atoms with Crippen LogP contribution in [0.15, 0.2) is 48.5 Å². The molecule has 2 aromatic rings. The third kappa shape index (κ3) is 2.83. The van der Waals surface area contributed by atoms with Crippen molar-refractivity contribution in [2.75, 3.05) is 33.9 Å². The van der Waals surface area contributed by atoms with Gasteiger partial charge in [-0.15, -0.1) is 0 Å². The molecule has 1 saturated heterocycles. The van der Waals surface area contributed by atoms with Crippen LogP contribution in [0.2, 0.25) is 0 Å². The van der Waals surface area contributed by atoms with E-state index in [1.54, 1.807) is 0 Å². The Morgan fingerprint density at radius 1 is 1.04 bits per heavy atom. The minimum atomic E-state index is -0.221. The van der Waals surface area contributed by atoms with Crippen molar-refractivity contribution in [3.05, 3.63) is 59.7 Å². The van der Waals surface area contributed by atoms with Gasteiger partial charge in [0.1, 0.15) is 0 Å². The molecule has 4 nitrogen and oxygen atoms in total. The van der Waals surface area contributed by atoms with Gasteiger partial charge in [-0.2, -0.15) is 0 Å². The summed E-state index contributed by atoms with van der Waals surface area (Å²) in [5, 5.41) is 3.26. The summed E-state index contributed by atoms with van der Waals surface area (Å²) < 4.78 is 5.54. The monoisotopic (exact) mass is 350 g/mol. The smallest absolute Gasteiger partial charge is 0.232 e. The van der Waals surface area contributed by atoms with Crippen LogP contribution in [0.25, 0.3) is 11.1 Å². The first-order chi connectivity index (χ1) is 12.6. The fraction of sp³-hybridized carbons (Fsp3) is 0.409. The van der Waals surface area contributed by atoms with Gasteiger partial charge in [-0.1, -0.05) is 48.5 Å². The summed E-state index contributed by atoms with van der Waals surface area (Å²) in [6, 6.07) is 16.5. The van der Waals surface area contributed by atoms with E-state index in [1.165, 1.54) is 11.1 Å². The van der Waals surface area contributed by atoms with E-state index in [0.29, 0.717) is 6.54 Å². The summed E-state index contributed by atoms with van der Waals surface area (Å²) in [7, 11) is 4.19. The molecule has 0 bridgehead atoms. The third-order valence-corrected chi connectivity index (χ3v) is 6.06. The minimum Gasteiger partial charge on any atom is -0.381 e. The summed E-state index contributed by atoms with van der Waals surface area (Å²) in [6.07, 6.45) is 1.89. The van der Waals surface area contributed by atoms with Crippen LogP contribution in [-0.2, 0) is 9.53 Å². The number of ether oxygens (including phenoxy) is 1. The van der Waals surface area contributed by atoms with Crippen LogP contribution in [0.1, 0.15) is 29.9 Å². The highest BCUT2D eigenvalue weighted by Gasteiger charge is 2.38. The molecule has 26 heavy (non-hydrogen) atoms. The molecule has 2 aliphatic rings. The zero-order chi connectivity index (χ0) is 18.1. The van der Waals surface area contributed by atoms with E-state index >= 15 is 0 Å². The van der Waals surface area contributed by atoms with E-state index in [9.17, 15) is 4.79 Å². The number of hydrogen-bond acceptors (Lipinski definition) is 3. The molecule has 1 aliphatic heterocycles. The maximum absolute atomic E-state index is 13.2. The van der Waals surface area contributed by atoms with Crippen LogP contribution in [0, 0.1) is 0 Å². The molecule has 4 heteroatoms. The van der Waals surface area contributed by atoms with Gasteiger partial charge in [-0.3, -0.25) is 4.79 Å². The first-order valence-electron chi connectivity index (χ1n) is 9.33. The second kappa shape index (κ2) is 6.86. The maximum Gasteiger partial charge on any atom is 0.232 e. The average molecular weight is 350 g/mol. The Balaban J connectivity index is 1.59. The number of amides is 1. The molecule has 136 valence electrons. The van der Waals surface area contributed by atoms with Gasteiger partial charge in [-0.25, -0.2) is 0 Å². The average Bonchev–Trinajstić information content (AvgIpc) is 3.01. The van der Waals surface area contributed by atoms with Crippen molar-refractivity contribution < 1.29 is 9.53 Å². The SMILES string of the molecule is CN(C)C1(CNC(=O)C2c3ccccc3-c3ccccc32)CCOCC1. The van der Waals surface area contributed by atoms with Crippen molar-refractivity contribution in [3.63, 3.8) is 0 Å². The molecule has 1 amide bonds. The molecule has 0 atom stereocenters.